The molecule has 1 fully saturated rings. The fourth-order valence-electron chi connectivity index (χ4n) is 4.69. The molecule has 3 aromatic rings. The van der Waals surface area contributed by atoms with Crippen LogP contribution in [0.25, 0.3) is 11.0 Å². The second-order valence-electron chi connectivity index (χ2n) is 8.41. The molecule has 0 saturated carbocycles. The molecule has 1 saturated heterocycles. The van der Waals surface area contributed by atoms with E-state index in [1.807, 2.05) is 23.1 Å². The average molecular weight is 448 g/mol. The Morgan fingerprint density at radius 1 is 1.21 bits per heavy atom. The molecule has 1 aliphatic heterocycles. The van der Waals surface area contributed by atoms with Gasteiger partial charge in [0.25, 0.3) is 0 Å². The minimum atomic E-state index is -0.169. The van der Waals surface area contributed by atoms with Crippen LogP contribution in [0.15, 0.2) is 40.3 Å². The molecule has 33 heavy (non-hydrogen) atoms. The summed E-state index contributed by atoms with van der Waals surface area (Å²) in [6.45, 7) is 4.09. The van der Waals surface area contributed by atoms with Crippen molar-refractivity contribution < 1.29 is 9.42 Å². The van der Waals surface area contributed by atoms with Crippen molar-refractivity contribution in [2.45, 2.75) is 25.2 Å². The number of hydrogen-bond acceptors (Lipinski definition) is 9. The number of carbonyl (C=O) groups is 1. The molecule has 11 nitrogen and oxygen atoms in total. The summed E-state index contributed by atoms with van der Waals surface area (Å²) in [4.78, 5) is 21.9. The van der Waals surface area contributed by atoms with E-state index in [-0.39, 0.29) is 11.8 Å². The van der Waals surface area contributed by atoms with Gasteiger partial charge in [0.1, 0.15) is 17.4 Å². The summed E-state index contributed by atoms with van der Waals surface area (Å²) < 4.78 is 4.76. The van der Waals surface area contributed by atoms with E-state index in [2.05, 4.69) is 31.5 Å². The van der Waals surface area contributed by atoms with Gasteiger partial charge in [-0.05, 0) is 64.5 Å². The van der Waals surface area contributed by atoms with Crippen LogP contribution in [0.1, 0.15) is 29.0 Å². The third kappa shape index (κ3) is 4.19. The van der Waals surface area contributed by atoms with Gasteiger partial charge in [-0.3, -0.25) is 15.1 Å². The Morgan fingerprint density at radius 3 is 2.82 bits per heavy atom. The molecule has 3 heterocycles. The fraction of sp³-hybridized carbons (Fsp3) is 0.409. The van der Waals surface area contributed by atoms with Crippen LogP contribution in [0, 0.1) is 10.9 Å². The molecule has 2 N–H and O–H groups in total. The van der Waals surface area contributed by atoms with Gasteiger partial charge in [-0.15, -0.1) is 0 Å². The highest BCUT2D eigenvalue weighted by molar-refractivity contribution is 5.85. The van der Waals surface area contributed by atoms with Crippen LogP contribution in [0.4, 0.5) is 5.82 Å². The number of carbonyl (C=O) groups excluding carboxylic acids is 1. The van der Waals surface area contributed by atoms with Crippen molar-refractivity contribution >= 4 is 29.1 Å². The number of aryl methyl sites for hydroxylation is 1. The molecule has 2 aromatic heterocycles. The van der Waals surface area contributed by atoms with Gasteiger partial charge in [-0.25, -0.2) is 9.61 Å². The average Bonchev–Trinajstić information content (AvgIpc) is 3.50. The number of rotatable bonds is 7. The van der Waals surface area contributed by atoms with Crippen molar-refractivity contribution in [3.63, 3.8) is 0 Å². The third-order valence-corrected chi connectivity index (χ3v) is 6.57. The highest BCUT2D eigenvalue weighted by atomic mass is 16.6. The lowest BCUT2D eigenvalue weighted by atomic mass is 10.0. The van der Waals surface area contributed by atoms with Crippen molar-refractivity contribution in [3.05, 3.63) is 47.2 Å². The van der Waals surface area contributed by atoms with Crippen molar-refractivity contribution in [3.8, 4) is 0 Å². The van der Waals surface area contributed by atoms with Crippen molar-refractivity contribution in [2.75, 3.05) is 37.7 Å². The van der Waals surface area contributed by atoms with Crippen molar-refractivity contribution in [1.82, 2.24) is 25.1 Å². The van der Waals surface area contributed by atoms with Crippen LogP contribution in [0.3, 0.4) is 0 Å². The summed E-state index contributed by atoms with van der Waals surface area (Å²) in [6, 6.07) is 7.83. The maximum absolute atomic E-state index is 13.2. The van der Waals surface area contributed by atoms with Crippen molar-refractivity contribution in [2.24, 2.45) is 5.22 Å². The standard InChI is InChI=1S/C22H25N9O2/c23-14-31(28-24)21-12-16-2-3-17(18(16)13-25-21)22(32)30-9-7-29(8-10-30)6-5-15-1-4-19-20(11-15)27-33-26-19/h1,4,11-14,17,23-24H,2-3,5-10H2. The molecule has 0 bridgehead atoms. The van der Waals surface area contributed by atoms with Crippen LogP contribution >= 0.6 is 0 Å². The zero-order valence-corrected chi connectivity index (χ0v) is 18.1. The quantitative estimate of drug-likeness (QED) is 0.245. The monoisotopic (exact) mass is 447 g/mol. The Labute approximate surface area is 190 Å². The van der Waals surface area contributed by atoms with Gasteiger partial charge in [0.05, 0.1) is 5.92 Å². The topological polar surface area (TPSA) is 139 Å². The lowest BCUT2D eigenvalue weighted by Crippen LogP contribution is -2.50. The van der Waals surface area contributed by atoms with Crippen molar-refractivity contribution in [1.29, 1.82) is 10.9 Å². The molecule has 1 atom stereocenters. The van der Waals surface area contributed by atoms with Gasteiger partial charge < -0.3 is 4.90 Å². The van der Waals surface area contributed by atoms with Gasteiger partial charge in [0.2, 0.25) is 5.91 Å². The van der Waals surface area contributed by atoms with E-state index in [4.69, 9.17) is 15.6 Å². The molecule has 1 amide bonds. The van der Waals surface area contributed by atoms with Gasteiger partial charge in [-0.1, -0.05) is 11.3 Å². The number of hydrogen-bond donors (Lipinski definition) is 2. The fourth-order valence-corrected chi connectivity index (χ4v) is 4.69. The number of pyridine rings is 1. The molecule has 0 radical (unpaired) electrons. The first-order chi connectivity index (χ1) is 16.2. The van der Waals surface area contributed by atoms with E-state index >= 15 is 0 Å². The molecule has 170 valence electrons. The SMILES string of the molecule is N=CN(N=N)c1cc2c(cn1)C(C(=O)N1CCN(CCc3ccc4nonc4c3)CC1)CC2. The van der Waals surface area contributed by atoms with Gasteiger partial charge in [0.15, 0.2) is 5.82 Å². The summed E-state index contributed by atoms with van der Waals surface area (Å²) >= 11 is 0. The second kappa shape index (κ2) is 9.02. The second-order valence-corrected chi connectivity index (χ2v) is 8.41. The van der Waals surface area contributed by atoms with E-state index in [1.54, 1.807) is 6.20 Å². The maximum Gasteiger partial charge on any atom is 0.230 e. The summed E-state index contributed by atoms with van der Waals surface area (Å²) in [6.07, 6.45) is 5.12. The molecular weight excluding hydrogens is 422 g/mol. The first-order valence-electron chi connectivity index (χ1n) is 11.0. The van der Waals surface area contributed by atoms with Gasteiger partial charge >= 0.3 is 0 Å². The van der Waals surface area contributed by atoms with Crippen LogP contribution in [-0.4, -0.2) is 70.1 Å². The number of benzene rings is 1. The summed E-state index contributed by atoms with van der Waals surface area (Å²) in [5, 5.41) is 19.4. The third-order valence-electron chi connectivity index (χ3n) is 6.57. The summed E-state index contributed by atoms with van der Waals surface area (Å²) in [7, 11) is 0. The first-order valence-corrected chi connectivity index (χ1v) is 11.0. The first kappa shape index (κ1) is 21.1. The number of nitrogens with one attached hydrogen (secondary N) is 2. The minimum Gasteiger partial charge on any atom is -0.340 e. The normalized spacial score (nSPS) is 18.3. The molecule has 11 heteroatoms. The van der Waals surface area contributed by atoms with E-state index in [0.29, 0.717) is 5.82 Å². The van der Waals surface area contributed by atoms with Gasteiger partial charge in [-0.2, -0.15) is 10.5 Å². The van der Waals surface area contributed by atoms with Crippen LogP contribution in [0.5, 0.6) is 0 Å². The molecule has 2 aliphatic rings. The Kier molecular flexibility index (Phi) is 5.78. The van der Waals surface area contributed by atoms with Gasteiger partial charge in [0, 0.05) is 38.9 Å². The number of piperazine rings is 1. The lowest BCUT2D eigenvalue weighted by Gasteiger charge is -2.36. The van der Waals surface area contributed by atoms with Crippen LogP contribution in [0.2, 0.25) is 0 Å². The van der Waals surface area contributed by atoms with Crippen LogP contribution < -0.4 is 5.01 Å². The van der Waals surface area contributed by atoms with E-state index in [9.17, 15) is 4.79 Å². The highest BCUT2D eigenvalue weighted by Crippen LogP contribution is 2.35. The molecule has 0 spiro atoms. The molecule has 5 rings (SSSR count). The number of nitrogens with zero attached hydrogens (tertiary/aromatic N) is 7. The Bertz CT molecular complexity index is 1180. The number of amides is 1. The summed E-state index contributed by atoms with van der Waals surface area (Å²) in [5.74, 6) is 0.428. The Morgan fingerprint density at radius 2 is 2.03 bits per heavy atom. The van der Waals surface area contributed by atoms with E-state index in [0.717, 1.165) is 85.5 Å². The number of fused-ring (bicyclic) bond motifs is 2. The molecule has 1 unspecified atom stereocenters. The lowest BCUT2D eigenvalue weighted by molar-refractivity contribution is -0.134. The predicted octanol–water partition coefficient (Wildman–Crippen LogP) is 2.39. The number of aromatic nitrogens is 3. The zero-order valence-electron chi connectivity index (χ0n) is 18.1. The Hall–Kier alpha value is -3.73. The van der Waals surface area contributed by atoms with Crippen LogP contribution in [-0.2, 0) is 17.6 Å². The predicted molar refractivity (Wildman–Crippen MR) is 120 cm³/mol. The summed E-state index contributed by atoms with van der Waals surface area (Å²) in [5.41, 5.74) is 11.9. The smallest absolute Gasteiger partial charge is 0.230 e. The van der Waals surface area contributed by atoms with E-state index < -0.39 is 0 Å². The molecule has 1 aromatic carbocycles. The minimum absolute atomic E-state index is 0.168. The van der Waals surface area contributed by atoms with E-state index in [1.165, 1.54) is 5.56 Å². The zero-order chi connectivity index (χ0) is 22.8. The largest absolute Gasteiger partial charge is 0.340 e. The number of anilines is 1. The molecular formula is C22H25N9O2. The Balaban J connectivity index is 1.16. The molecule has 1 aliphatic carbocycles. The maximum atomic E-state index is 13.2. The highest BCUT2D eigenvalue weighted by Gasteiger charge is 2.34.